The van der Waals surface area contributed by atoms with Gasteiger partial charge in [-0.3, -0.25) is 19.7 Å². The third-order valence-electron chi connectivity index (χ3n) is 3.49. The lowest BCUT2D eigenvalue weighted by molar-refractivity contribution is -0.121. The summed E-state index contributed by atoms with van der Waals surface area (Å²) in [4.78, 5) is 27.6. The van der Waals surface area contributed by atoms with Crippen molar-refractivity contribution in [2.75, 3.05) is 11.9 Å². The van der Waals surface area contributed by atoms with Crippen molar-refractivity contribution < 1.29 is 9.59 Å². The van der Waals surface area contributed by atoms with Crippen molar-refractivity contribution in [3.63, 3.8) is 0 Å². The van der Waals surface area contributed by atoms with Gasteiger partial charge in [-0.2, -0.15) is 5.10 Å². The van der Waals surface area contributed by atoms with Crippen LogP contribution in [0.1, 0.15) is 5.56 Å². The molecule has 2 aromatic heterocycles. The van der Waals surface area contributed by atoms with Gasteiger partial charge in [0.25, 0.3) is 0 Å². The van der Waals surface area contributed by atoms with Crippen molar-refractivity contribution in [1.82, 2.24) is 20.5 Å². The highest BCUT2D eigenvalue weighted by molar-refractivity contribution is 5.97. The second-order valence-corrected chi connectivity index (χ2v) is 5.41. The summed E-state index contributed by atoms with van der Waals surface area (Å²) in [5.74, 6) is -0.321. The Morgan fingerprint density at radius 3 is 2.62 bits per heavy atom. The summed E-state index contributed by atoms with van der Waals surface area (Å²) in [6.45, 7) is -0.143. The number of hydrogen-bond acceptors (Lipinski definition) is 4. The molecule has 7 nitrogen and oxygen atoms in total. The molecule has 0 bridgehead atoms. The topological polar surface area (TPSA) is 99.8 Å². The first kappa shape index (κ1) is 17.1. The van der Waals surface area contributed by atoms with Gasteiger partial charge in [-0.25, -0.2) is 0 Å². The third kappa shape index (κ3) is 4.88. The normalized spacial score (nSPS) is 10.6. The molecule has 0 aliphatic carbocycles. The zero-order valence-electron chi connectivity index (χ0n) is 13.8. The number of aromatic nitrogens is 3. The van der Waals surface area contributed by atoms with Gasteiger partial charge < -0.3 is 10.6 Å². The Hall–Kier alpha value is -3.74. The number of nitrogens with zero attached hydrogens (tertiary/aromatic N) is 2. The van der Waals surface area contributed by atoms with Gasteiger partial charge in [-0.1, -0.05) is 30.3 Å². The molecule has 2 amide bonds. The fourth-order valence-corrected chi connectivity index (χ4v) is 2.21. The SMILES string of the molecule is O=C(C=Cc1ccccc1)NCC(=O)Nc1cc(-c2ccncc2)[nH]n1. The minimum Gasteiger partial charge on any atom is -0.343 e. The number of carbonyl (C=O) groups is 2. The van der Waals surface area contributed by atoms with Crippen LogP contribution in [0, 0.1) is 0 Å². The van der Waals surface area contributed by atoms with Gasteiger partial charge in [0, 0.05) is 30.1 Å². The number of rotatable bonds is 6. The van der Waals surface area contributed by atoms with E-state index in [1.54, 1.807) is 24.5 Å². The predicted octanol–water partition coefficient (Wildman–Crippen LogP) is 2.24. The predicted molar refractivity (Wildman–Crippen MR) is 98.9 cm³/mol. The van der Waals surface area contributed by atoms with Crippen LogP contribution in [0.3, 0.4) is 0 Å². The highest BCUT2D eigenvalue weighted by Gasteiger charge is 2.08. The number of H-pyrrole nitrogens is 1. The Morgan fingerprint density at radius 1 is 1.08 bits per heavy atom. The maximum Gasteiger partial charge on any atom is 0.244 e. The molecule has 26 heavy (non-hydrogen) atoms. The minimum absolute atomic E-state index is 0.143. The quantitative estimate of drug-likeness (QED) is 0.595. The lowest BCUT2D eigenvalue weighted by atomic mass is 10.2. The Labute approximate surface area is 150 Å². The van der Waals surface area contributed by atoms with E-state index in [9.17, 15) is 9.59 Å². The number of carbonyl (C=O) groups excluding carboxylic acids is 2. The smallest absolute Gasteiger partial charge is 0.244 e. The van der Waals surface area contributed by atoms with Gasteiger partial charge in [0.2, 0.25) is 11.8 Å². The highest BCUT2D eigenvalue weighted by Crippen LogP contribution is 2.18. The van der Waals surface area contributed by atoms with E-state index in [2.05, 4.69) is 25.8 Å². The summed E-state index contributed by atoms with van der Waals surface area (Å²) in [5.41, 5.74) is 2.58. The van der Waals surface area contributed by atoms with E-state index in [4.69, 9.17) is 0 Å². The first-order chi connectivity index (χ1) is 12.7. The van der Waals surface area contributed by atoms with E-state index in [-0.39, 0.29) is 18.4 Å². The van der Waals surface area contributed by atoms with E-state index in [0.717, 1.165) is 16.8 Å². The van der Waals surface area contributed by atoms with Crippen molar-refractivity contribution in [3.05, 3.63) is 72.6 Å². The summed E-state index contributed by atoms with van der Waals surface area (Å²) in [7, 11) is 0. The standard InChI is InChI=1S/C19H17N5O2/c25-18(7-6-14-4-2-1-3-5-14)21-13-19(26)22-17-12-16(23-24-17)15-8-10-20-11-9-15/h1-12H,13H2,(H,21,25)(H2,22,23,24,26). The lowest BCUT2D eigenvalue weighted by Crippen LogP contribution is -2.31. The maximum atomic E-state index is 11.9. The van der Waals surface area contributed by atoms with Gasteiger partial charge >= 0.3 is 0 Å². The van der Waals surface area contributed by atoms with Gasteiger partial charge in [0.15, 0.2) is 5.82 Å². The van der Waals surface area contributed by atoms with Crippen molar-refractivity contribution in [1.29, 1.82) is 0 Å². The number of pyridine rings is 1. The molecule has 0 spiro atoms. The number of anilines is 1. The fraction of sp³-hybridized carbons (Fsp3) is 0.0526. The molecule has 0 aliphatic heterocycles. The Balaban J connectivity index is 1.48. The van der Waals surface area contributed by atoms with Gasteiger partial charge in [0.1, 0.15) is 0 Å². The van der Waals surface area contributed by atoms with Crippen LogP contribution >= 0.6 is 0 Å². The zero-order chi connectivity index (χ0) is 18.2. The molecule has 0 fully saturated rings. The number of benzene rings is 1. The largest absolute Gasteiger partial charge is 0.343 e. The average molecular weight is 347 g/mol. The summed E-state index contributed by atoms with van der Waals surface area (Å²) in [6, 6.07) is 14.8. The fourth-order valence-electron chi connectivity index (χ4n) is 2.21. The molecule has 0 saturated heterocycles. The van der Waals surface area contributed by atoms with E-state index < -0.39 is 0 Å². The molecule has 3 N–H and O–H groups in total. The van der Waals surface area contributed by atoms with Crippen LogP contribution in [0.2, 0.25) is 0 Å². The summed E-state index contributed by atoms with van der Waals surface area (Å²) < 4.78 is 0. The first-order valence-electron chi connectivity index (χ1n) is 7.97. The maximum absolute atomic E-state index is 11.9. The monoisotopic (exact) mass is 347 g/mol. The zero-order valence-corrected chi connectivity index (χ0v) is 13.8. The first-order valence-corrected chi connectivity index (χ1v) is 7.97. The number of amides is 2. The van der Waals surface area contributed by atoms with Crippen LogP contribution in [0.5, 0.6) is 0 Å². The summed E-state index contributed by atoms with van der Waals surface area (Å²) in [6.07, 6.45) is 6.42. The van der Waals surface area contributed by atoms with Crippen LogP contribution in [-0.4, -0.2) is 33.5 Å². The van der Waals surface area contributed by atoms with E-state index in [1.165, 1.54) is 6.08 Å². The third-order valence-corrected chi connectivity index (χ3v) is 3.49. The van der Waals surface area contributed by atoms with E-state index in [1.807, 2.05) is 42.5 Å². The van der Waals surface area contributed by atoms with Gasteiger partial charge in [0.05, 0.1) is 12.2 Å². The molecule has 7 heteroatoms. The van der Waals surface area contributed by atoms with E-state index >= 15 is 0 Å². The van der Waals surface area contributed by atoms with Crippen molar-refractivity contribution >= 4 is 23.7 Å². The molecule has 0 aliphatic rings. The van der Waals surface area contributed by atoms with Crippen molar-refractivity contribution in [2.24, 2.45) is 0 Å². The Kier molecular flexibility index (Phi) is 5.51. The summed E-state index contributed by atoms with van der Waals surface area (Å²) >= 11 is 0. The van der Waals surface area contributed by atoms with Crippen molar-refractivity contribution in [2.45, 2.75) is 0 Å². The number of aromatic amines is 1. The summed E-state index contributed by atoms with van der Waals surface area (Å²) in [5, 5.41) is 12.0. The van der Waals surface area contributed by atoms with Crippen LogP contribution in [0.4, 0.5) is 5.82 Å². The van der Waals surface area contributed by atoms with Crippen LogP contribution in [0.15, 0.2) is 67.0 Å². The molecule has 0 atom stereocenters. The molecular formula is C19H17N5O2. The molecule has 3 aromatic rings. The van der Waals surface area contributed by atoms with Crippen LogP contribution in [-0.2, 0) is 9.59 Å². The molecule has 0 unspecified atom stereocenters. The highest BCUT2D eigenvalue weighted by atomic mass is 16.2. The second-order valence-electron chi connectivity index (χ2n) is 5.41. The Bertz CT molecular complexity index is 904. The number of hydrogen-bond donors (Lipinski definition) is 3. The molecule has 1 aromatic carbocycles. The van der Waals surface area contributed by atoms with Gasteiger partial charge in [-0.05, 0) is 23.8 Å². The van der Waals surface area contributed by atoms with Crippen LogP contribution < -0.4 is 10.6 Å². The second kappa shape index (κ2) is 8.39. The minimum atomic E-state index is -0.362. The number of nitrogens with one attached hydrogen (secondary N) is 3. The molecule has 0 radical (unpaired) electrons. The molecule has 2 heterocycles. The molecule has 130 valence electrons. The van der Waals surface area contributed by atoms with Crippen molar-refractivity contribution in [3.8, 4) is 11.3 Å². The van der Waals surface area contributed by atoms with Gasteiger partial charge in [-0.15, -0.1) is 0 Å². The van der Waals surface area contributed by atoms with Crippen LogP contribution in [0.25, 0.3) is 17.3 Å². The molecular weight excluding hydrogens is 330 g/mol. The molecule has 0 saturated carbocycles. The lowest BCUT2D eigenvalue weighted by Gasteiger charge is -2.02. The average Bonchev–Trinajstić information content (AvgIpc) is 3.15. The Morgan fingerprint density at radius 2 is 1.85 bits per heavy atom. The molecule has 3 rings (SSSR count). The van der Waals surface area contributed by atoms with E-state index in [0.29, 0.717) is 5.82 Å².